The van der Waals surface area contributed by atoms with Crippen molar-refractivity contribution in [3.05, 3.63) is 35.4 Å². The molecule has 2 saturated heterocycles. The van der Waals surface area contributed by atoms with Crippen molar-refractivity contribution in [2.75, 3.05) is 39.8 Å². The van der Waals surface area contributed by atoms with Crippen molar-refractivity contribution in [3.63, 3.8) is 0 Å². The topological polar surface area (TPSA) is 48.9 Å². The zero-order valence-electron chi connectivity index (χ0n) is 17.5. The van der Waals surface area contributed by atoms with E-state index in [-0.39, 0.29) is 6.10 Å². The molecule has 5 heteroatoms. The van der Waals surface area contributed by atoms with Gasteiger partial charge in [-0.15, -0.1) is 0 Å². The van der Waals surface area contributed by atoms with Gasteiger partial charge in [0.05, 0.1) is 6.10 Å². The van der Waals surface area contributed by atoms with E-state index < -0.39 is 0 Å². The molecule has 2 heterocycles. The Bertz CT molecular complexity index is 655. The van der Waals surface area contributed by atoms with Crippen LogP contribution in [0.1, 0.15) is 49.3 Å². The van der Waals surface area contributed by atoms with Gasteiger partial charge in [0, 0.05) is 45.2 Å². The third kappa shape index (κ3) is 5.06. The van der Waals surface area contributed by atoms with E-state index in [0.717, 1.165) is 44.0 Å². The van der Waals surface area contributed by atoms with Gasteiger partial charge in [-0.25, -0.2) is 0 Å². The van der Waals surface area contributed by atoms with Crippen LogP contribution in [0.5, 0.6) is 0 Å². The molecule has 0 aromatic heterocycles. The molecule has 2 aliphatic heterocycles. The molecule has 2 N–H and O–H groups in total. The van der Waals surface area contributed by atoms with Crippen LogP contribution in [0.15, 0.2) is 29.3 Å². The highest BCUT2D eigenvalue weighted by Gasteiger charge is 2.34. The number of nitrogens with one attached hydrogen (secondary N) is 2. The molecule has 1 aliphatic carbocycles. The zero-order valence-corrected chi connectivity index (χ0v) is 17.5. The zero-order chi connectivity index (χ0) is 19.3. The summed E-state index contributed by atoms with van der Waals surface area (Å²) in [5, 5.41) is 7.13. The fraction of sp³-hybridized carbons (Fsp3) is 0.696. The summed E-state index contributed by atoms with van der Waals surface area (Å²) in [4.78, 5) is 7.12. The Morgan fingerprint density at radius 2 is 1.89 bits per heavy atom. The summed E-state index contributed by atoms with van der Waals surface area (Å²) in [6, 6.07) is 9.71. The average Bonchev–Trinajstić information content (AvgIpc) is 3.47. The van der Waals surface area contributed by atoms with Gasteiger partial charge in [0.15, 0.2) is 5.96 Å². The van der Waals surface area contributed by atoms with Gasteiger partial charge < -0.3 is 20.3 Å². The minimum Gasteiger partial charge on any atom is -0.373 e. The largest absolute Gasteiger partial charge is 0.373 e. The quantitative estimate of drug-likeness (QED) is 0.584. The molecule has 154 valence electrons. The number of nitrogens with zero attached hydrogens (tertiary/aromatic N) is 2. The molecule has 3 fully saturated rings. The van der Waals surface area contributed by atoms with E-state index >= 15 is 0 Å². The molecule has 1 saturated carbocycles. The summed E-state index contributed by atoms with van der Waals surface area (Å²) in [5.74, 6) is 2.16. The van der Waals surface area contributed by atoms with E-state index in [1.165, 1.54) is 49.9 Å². The third-order valence-electron chi connectivity index (χ3n) is 6.54. The molecule has 1 aromatic rings. The van der Waals surface area contributed by atoms with Gasteiger partial charge in [-0.1, -0.05) is 29.8 Å². The van der Waals surface area contributed by atoms with Gasteiger partial charge in [-0.05, 0) is 57.1 Å². The lowest BCUT2D eigenvalue weighted by molar-refractivity contribution is -0.0265. The monoisotopic (exact) mass is 384 g/mol. The Morgan fingerprint density at radius 3 is 2.64 bits per heavy atom. The van der Waals surface area contributed by atoms with E-state index in [9.17, 15) is 0 Å². The Morgan fingerprint density at radius 1 is 1.11 bits per heavy atom. The van der Waals surface area contributed by atoms with Crippen LogP contribution in [0, 0.1) is 18.8 Å². The highest BCUT2D eigenvalue weighted by Crippen LogP contribution is 2.33. The second kappa shape index (κ2) is 9.27. The molecular weight excluding hydrogens is 348 g/mol. The van der Waals surface area contributed by atoms with Crippen molar-refractivity contribution >= 4 is 5.96 Å². The van der Waals surface area contributed by atoms with Gasteiger partial charge in [-0.2, -0.15) is 0 Å². The highest BCUT2D eigenvalue weighted by molar-refractivity contribution is 5.79. The number of guanidine groups is 1. The third-order valence-corrected chi connectivity index (χ3v) is 6.54. The summed E-state index contributed by atoms with van der Waals surface area (Å²) < 4.78 is 6.16. The Labute approximate surface area is 169 Å². The first-order valence-electron chi connectivity index (χ1n) is 11.1. The number of aryl methyl sites for hydroxylation is 1. The lowest BCUT2D eigenvalue weighted by atomic mass is 9.89. The minimum absolute atomic E-state index is 0.182. The molecular formula is C23H36N4O. The smallest absolute Gasteiger partial charge is 0.190 e. The number of benzene rings is 1. The van der Waals surface area contributed by atoms with Crippen LogP contribution in [0.2, 0.25) is 0 Å². The maximum atomic E-state index is 6.16. The van der Waals surface area contributed by atoms with Gasteiger partial charge in [0.1, 0.15) is 0 Å². The normalized spacial score (nSPS) is 29.1. The lowest BCUT2D eigenvalue weighted by Crippen LogP contribution is -2.43. The standard InChI is InChI=1S/C23H36N4O/c1-17-5-7-19(8-6-17)22-20(4-3-13-28-22)15-26-23(24-2)25-14-18-11-12-27(16-18)21-9-10-21/h5-8,18,20-22H,3-4,9-16H2,1-2H3,(H2,24,25,26). The Kier molecular flexibility index (Phi) is 6.53. The summed E-state index contributed by atoms with van der Waals surface area (Å²) in [7, 11) is 1.87. The van der Waals surface area contributed by atoms with Crippen LogP contribution in [0.3, 0.4) is 0 Å². The van der Waals surface area contributed by atoms with Crippen molar-refractivity contribution in [2.24, 2.45) is 16.8 Å². The molecule has 28 heavy (non-hydrogen) atoms. The molecule has 3 aliphatic rings. The fourth-order valence-corrected chi connectivity index (χ4v) is 4.67. The molecule has 3 unspecified atom stereocenters. The van der Waals surface area contributed by atoms with Crippen LogP contribution in [-0.2, 0) is 4.74 Å². The van der Waals surface area contributed by atoms with Crippen molar-refractivity contribution in [1.29, 1.82) is 0 Å². The van der Waals surface area contributed by atoms with Crippen molar-refractivity contribution in [3.8, 4) is 0 Å². The maximum Gasteiger partial charge on any atom is 0.190 e. The minimum atomic E-state index is 0.182. The van der Waals surface area contributed by atoms with Crippen LogP contribution < -0.4 is 10.6 Å². The van der Waals surface area contributed by atoms with E-state index in [2.05, 4.69) is 51.7 Å². The summed E-state index contributed by atoms with van der Waals surface area (Å²) in [6.45, 7) is 7.44. The first-order chi connectivity index (χ1) is 13.7. The van der Waals surface area contributed by atoms with E-state index in [0.29, 0.717) is 5.92 Å². The van der Waals surface area contributed by atoms with E-state index in [1.807, 2.05) is 7.05 Å². The summed E-state index contributed by atoms with van der Waals surface area (Å²) in [6.07, 6.45) is 6.65. The van der Waals surface area contributed by atoms with Gasteiger partial charge in [0.25, 0.3) is 0 Å². The van der Waals surface area contributed by atoms with E-state index in [1.54, 1.807) is 0 Å². The molecule has 1 aromatic carbocycles. The first kappa shape index (κ1) is 19.7. The SMILES string of the molecule is CN=C(NCC1CCN(C2CC2)C1)NCC1CCCOC1c1ccc(C)cc1. The number of hydrogen-bond acceptors (Lipinski definition) is 3. The summed E-state index contributed by atoms with van der Waals surface area (Å²) >= 11 is 0. The van der Waals surface area contributed by atoms with Gasteiger partial charge in [-0.3, -0.25) is 4.99 Å². The lowest BCUT2D eigenvalue weighted by Gasteiger charge is -2.32. The van der Waals surface area contributed by atoms with Crippen LogP contribution >= 0.6 is 0 Å². The predicted molar refractivity (Wildman–Crippen MR) is 115 cm³/mol. The van der Waals surface area contributed by atoms with Crippen molar-refractivity contribution < 1.29 is 4.74 Å². The predicted octanol–water partition coefficient (Wildman–Crippen LogP) is 3.11. The Hall–Kier alpha value is -1.59. The van der Waals surface area contributed by atoms with Crippen molar-refractivity contribution in [1.82, 2.24) is 15.5 Å². The number of likely N-dealkylation sites (tertiary alicyclic amines) is 1. The number of hydrogen-bond donors (Lipinski definition) is 2. The number of ether oxygens (including phenoxy) is 1. The Balaban J connectivity index is 1.25. The fourth-order valence-electron chi connectivity index (χ4n) is 4.67. The number of aliphatic imine (C=N–C) groups is 1. The molecule has 5 nitrogen and oxygen atoms in total. The molecule has 0 spiro atoms. The average molecular weight is 385 g/mol. The molecule has 0 bridgehead atoms. The van der Waals surface area contributed by atoms with E-state index in [4.69, 9.17) is 4.74 Å². The second-order valence-electron chi connectivity index (χ2n) is 8.82. The van der Waals surface area contributed by atoms with Gasteiger partial charge >= 0.3 is 0 Å². The molecule has 4 rings (SSSR count). The second-order valence-corrected chi connectivity index (χ2v) is 8.82. The number of rotatable bonds is 6. The molecule has 0 amide bonds. The summed E-state index contributed by atoms with van der Waals surface area (Å²) in [5.41, 5.74) is 2.59. The molecule has 0 radical (unpaired) electrons. The van der Waals surface area contributed by atoms with Crippen LogP contribution in [0.25, 0.3) is 0 Å². The highest BCUT2D eigenvalue weighted by atomic mass is 16.5. The van der Waals surface area contributed by atoms with Gasteiger partial charge in [0.2, 0.25) is 0 Å². The first-order valence-corrected chi connectivity index (χ1v) is 11.1. The van der Waals surface area contributed by atoms with Crippen LogP contribution in [-0.4, -0.2) is 56.7 Å². The molecule has 3 atom stereocenters. The maximum absolute atomic E-state index is 6.16. The van der Waals surface area contributed by atoms with Crippen LogP contribution in [0.4, 0.5) is 0 Å². The van der Waals surface area contributed by atoms with Crippen molar-refractivity contribution in [2.45, 2.75) is 51.2 Å².